The van der Waals surface area contributed by atoms with Gasteiger partial charge in [0.25, 0.3) is 5.56 Å². The molecule has 3 aromatic rings. The van der Waals surface area contributed by atoms with Gasteiger partial charge in [-0.2, -0.15) is 0 Å². The number of benzene rings is 1. The zero-order valence-corrected chi connectivity index (χ0v) is 19.9. The van der Waals surface area contributed by atoms with Crippen molar-refractivity contribution in [3.05, 3.63) is 52.4 Å². The molecule has 1 aromatic carbocycles. The van der Waals surface area contributed by atoms with Crippen LogP contribution in [0.5, 0.6) is 0 Å². The molecule has 4 rings (SSSR count). The zero-order valence-electron chi connectivity index (χ0n) is 19.1. The maximum absolute atomic E-state index is 13.8. The molecular weight excluding hydrogens is 424 g/mol. The Bertz CT molecular complexity index is 1230. The number of pyridine rings is 1. The number of hydrogen-bond donors (Lipinski definition) is 0. The third kappa shape index (κ3) is 4.37. The standard InChI is InChI=1S/C24H28N4O3S/c1-15-8-6-7-9-18(15)19-12-16-13-25-22(32-5)26-20(16)28(21(19)29)17-10-11-27(14-17)23(30)31-24(2,3)4/h6-9,12-13,17H,10-11,14H2,1-5H3/t17-/m0/s1. The maximum atomic E-state index is 13.8. The van der Waals surface area contributed by atoms with Crippen LogP contribution in [-0.4, -0.2) is 50.5 Å². The van der Waals surface area contributed by atoms with Gasteiger partial charge in [0.05, 0.1) is 6.04 Å². The van der Waals surface area contributed by atoms with Gasteiger partial charge in [-0.15, -0.1) is 0 Å². The van der Waals surface area contributed by atoms with Crippen LogP contribution in [0.25, 0.3) is 22.2 Å². The molecule has 3 heterocycles. The van der Waals surface area contributed by atoms with E-state index in [9.17, 15) is 9.59 Å². The first-order valence-electron chi connectivity index (χ1n) is 10.7. The Kier molecular flexibility index (Phi) is 5.99. The lowest BCUT2D eigenvalue weighted by Crippen LogP contribution is -2.36. The lowest BCUT2D eigenvalue weighted by atomic mass is 10.0. The van der Waals surface area contributed by atoms with E-state index in [1.54, 1.807) is 15.7 Å². The summed E-state index contributed by atoms with van der Waals surface area (Å²) in [6.07, 6.45) is 3.98. The lowest BCUT2D eigenvalue weighted by molar-refractivity contribution is 0.0289. The van der Waals surface area contributed by atoms with Gasteiger partial charge in [0.2, 0.25) is 0 Å². The van der Waals surface area contributed by atoms with Crippen LogP contribution < -0.4 is 5.56 Å². The fourth-order valence-corrected chi connectivity index (χ4v) is 4.39. The van der Waals surface area contributed by atoms with Gasteiger partial charge < -0.3 is 9.64 Å². The summed E-state index contributed by atoms with van der Waals surface area (Å²) in [5.41, 5.74) is 2.47. The maximum Gasteiger partial charge on any atom is 0.410 e. The molecule has 1 fully saturated rings. The number of carbonyl (C=O) groups excluding carboxylic acids is 1. The summed E-state index contributed by atoms with van der Waals surface area (Å²) in [5.74, 6) is 0. The topological polar surface area (TPSA) is 77.3 Å². The Morgan fingerprint density at radius 1 is 1.22 bits per heavy atom. The monoisotopic (exact) mass is 452 g/mol. The van der Waals surface area contributed by atoms with Crippen LogP contribution in [-0.2, 0) is 4.74 Å². The third-order valence-electron chi connectivity index (χ3n) is 5.55. The Morgan fingerprint density at radius 2 is 1.97 bits per heavy atom. The van der Waals surface area contributed by atoms with Gasteiger partial charge in [-0.3, -0.25) is 9.36 Å². The number of carbonyl (C=O) groups is 1. The molecule has 1 aliphatic rings. The number of amides is 1. The number of fused-ring (bicyclic) bond motifs is 1. The highest BCUT2D eigenvalue weighted by atomic mass is 32.2. The second kappa shape index (κ2) is 8.58. The third-order valence-corrected chi connectivity index (χ3v) is 6.11. The summed E-state index contributed by atoms with van der Waals surface area (Å²) in [7, 11) is 0. The Morgan fingerprint density at radius 3 is 2.66 bits per heavy atom. The molecule has 0 saturated carbocycles. The van der Waals surface area contributed by atoms with E-state index in [4.69, 9.17) is 4.74 Å². The van der Waals surface area contributed by atoms with E-state index in [1.165, 1.54) is 11.8 Å². The minimum Gasteiger partial charge on any atom is -0.444 e. The van der Waals surface area contributed by atoms with E-state index in [0.717, 1.165) is 16.5 Å². The molecule has 1 atom stereocenters. The van der Waals surface area contributed by atoms with Crippen LogP contribution in [0, 0.1) is 6.92 Å². The molecule has 32 heavy (non-hydrogen) atoms. The molecule has 0 unspecified atom stereocenters. The largest absolute Gasteiger partial charge is 0.444 e. The number of hydrogen-bond acceptors (Lipinski definition) is 6. The average molecular weight is 453 g/mol. The first kappa shape index (κ1) is 22.3. The van der Waals surface area contributed by atoms with Crippen LogP contribution >= 0.6 is 11.8 Å². The van der Waals surface area contributed by atoms with E-state index in [0.29, 0.717) is 35.9 Å². The van der Waals surface area contributed by atoms with Gasteiger partial charge in [-0.25, -0.2) is 14.8 Å². The van der Waals surface area contributed by atoms with Crippen molar-refractivity contribution in [1.29, 1.82) is 0 Å². The fourth-order valence-electron chi connectivity index (χ4n) is 4.05. The van der Waals surface area contributed by atoms with Crippen molar-refractivity contribution in [1.82, 2.24) is 19.4 Å². The predicted molar refractivity (Wildman–Crippen MR) is 127 cm³/mol. The van der Waals surface area contributed by atoms with Crippen LogP contribution in [0.15, 0.2) is 46.5 Å². The van der Waals surface area contributed by atoms with Gasteiger partial charge >= 0.3 is 6.09 Å². The molecule has 0 aliphatic carbocycles. The first-order valence-corrected chi connectivity index (χ1v) is 11.9. The average Bonchev–Trinajstić information content (AvgIpc) is 3.22. The van der Waals surface area contributed by atoms with Gasteiger partial charge in [0, 0.05) is 30.2 Å². The lowest BCUT2D eigenvalue weighted by Gasteiger charge is -2.25. The number of likely N-dealkylation sites (tertiary alicyclic amines) is 1. The predicted octanol–water partition coefficient (Wildman–Crippen LogP) is 4.67. The van der Waals surface area contributed by atoms with E-state index in [-0.39, 0.29) is 17.7 Å². The molecule has 1 aliphatic heterocycles. The molecular formula is C24H28N4O3S. The normalized spacial score (nSPS) is 16.5. The number of nitrogens with zero attached hydrogens (tertiary/aromatic N) is 4. The Labute approximate surface area is 191 Å². The molecule has 7 nitrogen and oxygen atoms in total. The van der Waals surface area contributed by atoms with Crippen LogP contribution in [0.3, 0.4) is 0 Å². The first-order chi connectivity index (χ1) is 15.2. The molecule has 1 amide bonds. The van der Waals surface area contributed by atoms with E-state index >= 15 is 0 Å². The van der Waals surface area contributed by atoms with Gasteiger partial charge in [-0.1, -0.05) is 36.0 Å². The van der Waals surface area contributed by atoms with Crippen LogP contribution in [0.2, 0.25) is 0 Å². The second-order valence-electron chi connectivity index (χ2n) is 9.05. The smallest absolute Gasteiger partial charge is 0.410 e. The van der Waals surface area contributed by atoms with Crippen LogP contribution in [0.4, 0.5) is 4.79 Å². The SMILES string of the molecule is CSc1ncc2cc(-c3ccccc3C)c(=O)n([C@H]3CCN(C(=O)OC(C)(C)C)C3)c2n1. The number of rotatable bonds is 3. The van der Waals surface area contributed by atoms with E-state index in [1.807, 2.05) is 64.3 Å². The quantitative estimate of drug-likeness (QED) is 0.425. The van der Waals surface area contributed by atoms with Gasteiger partial charge in [0.1, 0.15) is 11.2 Å². The molecule has 0 radical (unpaired) electrons. The number of aryl methyl sites for hydroxylation is 1. The van der Waals surface area contributed by atoms with Crippen molar-refractivity contribution in [2.24, 2.45) is 0 Å². The highest BCUT2D eigenvalue weighted by Crippen LogP contribution is 2.29. The van der Waals surface area contributed by atoms with Crippen molar-refractivity contribution in [2.45, 2.75) is 50.9 Å². The molecule has 0 spiro atoms. The Hall–Kier alpha value is -2.87. The summed E-state index contributed by atoms with van der Waals surface area (Å²) in [4.78, 5) is 37.1. The Balaban J connectivity index is 1.82. The molecule has 2 aromatic heterocycles. The summed E-state index contributed by atoms with van der Waals surface area (Å²) < 4.78 is 7.29. The van der Waals surface area contributed by atoms with Crippen molar-refractivity contribution in [3.63, 3.8) is 0 Å². The van der Waals surface area contributed by atoms with Crippen molar-refractivity contribution < 1.29 is 9.53 Å². The fraction of sp³-hybridized carbons (Fsp3) is 0.417. The molecule has 8 heteroatoms. The van der Waals surface area contributed by atoms with Crippen LogP contribution in [0.1, 0.15) is 38.8 Å². The highest BCUT2D eigenvalue weighted by molar-refractivity contribution is 7.98. The number of aromatic nitrogens is 3. The summed E-state index contributed by atoms with van der Waals surface area (Å²) in [6.45, 7) is 8.48. The molecule has 1 saturated heterocycles. The van der Waals surface area contributed by atoms with Crippen molar-refractivity contribution in [3.8, 4) is 11.1 Å². The number of ether oxygens (including phenoxy) is 1. The summed E-state index contributed by atoms with van der Waals surface area (Å²) in [5, 5.41) is 1.41. The van der Waals surface area contributed by atoms with Gasteiger partial charge in [0.15, 0.2) is 5.16 Å². The molecule has 0 bridgehead atoms. The van der Waals surface area contributed by atoms with E-state index < -0.39 is 5.60 Å². The summed E-state index contributed by atoms with van der Waals surface area (Å²) in [6, 6.07) is 9.54. The zero-order chi connectivity index (χ0) is 23.0. The highest BCUT2D eigenvalue weighted by Gasteiger charge is 2.32. The molecule has 168 valence electrons. The second-order valence-corrected chi connectivity index (χ2v) is 9.83. The van der Waals surface area contributed by atoms with E-state index in [2.05, 4.69) is 9.97 Å². The van der Waals surface area contributed by atoms with Crippen molar-refractivity contribution in [2.75, 3.05) is 19.3 Å². The molecule has 0 N–H and O–H groups in total. The van der Waals surface area contributed by atoms with Crippen molar-refractivity contribution >= 4 is 28.9 Å². The summed E-state index contributed by atoms with van der Waals surface area (Å²) >= 11 is 1.43. The van der Waals surface area contributed by atoms with Gasteiger partial charge in [-0.05, 0) is 57.6 Å². The number of thioether (sulfide) groups is 1. The minimum atomic E-state index is -0.566. The minimum absolute atomic E-state index is 0.103.